The first-order valence-corrected chi connectivity index (χ1v) is 5.21. The minimum atomic E-state index is -0.0305. The van der Waals surface area contributed by atoms with E-state index >= 15 is 0 Å². The number of nitrogens with one attached hydrogen (secondary N) is 1. The predicted octanol–water partition coefficient (Wildman–Crippen LogP) is 0.796. The third kappa shape index (κ3) is 2.15. The van der Waals surface area contributed by atoms with Gasteiger partial charge in [-0.3, -0.25) is 9.69 Å². The van der Waals surface area contributed by atoms with E-state index in [1.165, 1.54) is 0 Å². The summed E-state index contributed by atoms with van der Waals surface area (Å²) in [4.78, 5) is 17.7. The van der Waals surface area contributed by atoms with Crippen molar-refractivity contribution in [3.8, 4) is 0 Å². The Balaban J connectivity index is 2.07. The highest BCUT2D eigenvalue weighted by molar-refractivity contribution is 5.96. The second-order valence-electron chi connectivity index (χ2n) is 3.73. The van der Waals surface area contributed by atoms with Crippen molar-refractivity contribution < 1.29 is 4.79 Å². The molecule has 1 fully saturated rings. The van der Waals surface area contributed by atoms with Gasteiger partial charge in [-0.25, -0.2) is 4.98 Å². The SMILES string of the molecule is CN(C(=O)[C@@H]1CCCN1)c1ccccn1. The summed E-state index contributed by atoms with van der Waals surface area (Å²) < 4.78 is 0. The maximum atomic E-state index is 12.0. The zero-order valence-corrected chi connectivity index (χ0v) is 8.81. The molecule has 0 unspecified atom stereocenters. The molecule has 15 heavy (non-hydrogen) atoms. The quantitative estimate of drug-likeness (QED) is 0.776. The summed E-state index contributed by atoms with van der Waals surface area (Å²) in [5, 5.41) is 3.19. The topological polar surface area (TPSA) is 45.2 Å². The molecule has 4 nitrogen and oxygen atoms in total. The fourth-order valence-electron chi connectivity index (χ4n) is 1.79. The molecule has 1 aromatic rings. The van der Waals surface area contributed by atoms with Gasteiger partial charge in [0.05, 0.1) is 6.04 Å². The van der Waals surface area contributed by atoms with Gasteiger partial charge in [-0.05, 0) is 31.5 Å². The summed E-state index contributed by atoms with van der Waals surface area (Å²) in [6.45, 7) is 0.937. The van der Waals surface area contributed by atoms with E-state index < -0.39 is 0 Å². The lowest BCUT2D eigenvalue weighted by Gasteiger charge is -2.19. The second kappa shape index (κ2) is 4.40. The fraction of sp³-hybridized carbons (Fsp3) is 0.455. The van der Waals surface area contributed by atoms with Crippen molar-refractivity contribution >= 4 is 11.7 Å². The minimum Gasteiger partial charge on any atom is -0.306 e. The van der Waals surface area contributed by atoms with Crippen LogP contribution in [0.25, 0.3) is 0 Å². The number of carbonyl (C=O) groups is 1. The van der Waals surface area contributed by atoms with Crippen molar-refractivity contribution in [2.24, 2.45) is 0 Å². The Morgan fingerprint density at radius 3 is 3.07 bits per heavy atom. The summed E-state index contributed by atoms with van der Waals surface area (Å²) in [5.74, 6) is 0.808. The molecule has 1 N–H and O–H groups in total. The summed E-state index contributed by atoms with van der Waals surface area (Å²) in [6.07, 6.45) is 3.70. The molecule has 0 bridgehead atoms. The first kappa shape index (κ1) is 10.1. The van der Waals surface area contributed by atoms with Crippen molar-refractivity contribution in [2.45, 2.75) is 18.9 Å². The van der Waals surface area contributed by atoms with Crippen LogP contribution in [0.4, 0.5) is 5.82 Å². The molecule has 0 spiro atoms. The molecule has 0 radical (unpaired) electrons. The number of nitrogens with zero attached hydrogens (tertiary/aromatic N) is 2. The van der Waals surface area contributed by atoms with E-state index in [1.54, 1.807) is 18.1 Å². The third-order valence-electron chi connectivity index (χ3n) is 2.68. The lowest BCUT2D eigenvalue weighted by atomic mass is 10.2. The highest BCUT2D eigenvalue weighted by atomic mass is 16.2. The molecule has 80 valence electrons. The Hall–Kier alpha value is -1.42. The van der Waals surface area contributed by atoms with Gasteiger partial charge in [0.2, 0.25) is 5.91 Å². The van der Waals surface area contributed by atoms with Gasteiger partial charge in [0.15, 0.2) is 0 Å². The van der Waals surface area contributed by atoms with Crippen LogP contribution in [0, 0.1) is 0 Å². The van der Waals surface area contributed by atoms with Crippen molar-refractivity contribution in [3.63, 3.8) is 0 Å². The molecule has 1 aromatic heterocycles. The Morgan fingerprint density at radius 1 is 1.60 bits per heavy atom. The van der Waals surface area contributed by atoms with Crippen LogP contribution in [0.5, 0.6) is 0 Å². The number of aromatic nitrogens is 1. The van der Waals surface area contributed by atoms with Crippen LogP contribution in [-0.4, -0.2) is 30.5 Å². The number of anilines is 1. The van der Waals surface area contributed by atoms with E-state index in [-0.39, 0.29) is 11.9 Å². The average Bonchev–Trinajstić information content (AvgIpc) is 2.82. The smallest absolute Gasteiger partial charge is 0.245 e. The average molecular weight is 205 g/mol. The normalized spacial score (nSPS) is 20.2. The summed E-state index contributed by atoms with van der Waals surface area (Å²) in [6, 6.07) is 5.54. The molecule has 1 saturated heterocycles. The highest BCUT2D eigenvalue weighted by Crippen LogP contribution is 2.12. The number of hydrogen-bond donors (Lipinski definition) is 1. The number of amides is 1. The first-order chi connectivity index (χ1) is 7.29. The first-order valence-electron chi connectivity index (χ1n) is 5.21. The third-order valence-corrected chi connectivity index (χ3v) is 2.68. The van der Waals surface area contributed by atoms with E-state index in [0.29, 0.717) is 5.82 Å². The van der Waals surface area contributed by atoms with Crippen molar-refractivity contribution in [3.05, 3.63) is 24.4 Å². The number of carbonyl (C=O) groups excluding carboxylic acids is 1. The molecule has 0 aromatic carbocycles. The van der Waals surface area contributed by atoms with E-state index in [1.807, 2.05) is 18.2 Å². The zero-order valence-electron chi connectivity index (χ0n) is 8.81. The van der Waals surface area contributed by atoms with Crippen molar-refractivity contribution in [1.29, 1.82) is 0 Å². The molecule has 1 atom stereocenters. The predicted molar refractivity (Wildman–Crippen MR) is 58.7 cm³/mol. The van der Waals surface area contributed by atoms with Crippen molar-refractivity contribution in [1.82, 2.24) is 10.3 Å². The van der Waals surface area contributed by atoms with Gasteiger partial charge >= 0.3 is 0 Å². The molecule has 0 saturated carbocycles. The summed E-state index contributed by atoms with van der Waals surface area (Å²) in [7, 11) is 1.77. The highest BCUT2D eigenvalue weighted by Gasteiger charge is 2.25. The van der Waals surface area contributed by atoms with Crippen LogP contribution in [0.2, 0.25) is 0 Å². The molecule has 2 rings (SSSR count). The molecule has 4 heteroatoms. The van der Waals surface area contributed by atoms with E-state index in [9.17, 15) is 4.79 Å². The largest absolute Gasteiger partial charge is 0.306 e. The molecule has 2 heterocycles. The number of hydrogen-bond acceptors (Lipinski definition) is 3. The monoisotopic (exact) mass is 205 g/mol. The maximum Gasteiger partial charge on any atom is 0.245 e. The second-order valence-corrected chi connectivity index (χ2v) is 3.73. The van der Waals surface area contributed by atoms with E-state index in [2.05, 4.69) is 10.3 Å². The number of likely N-dealkylation sites (N-methyl/N-ethyl adjacent to an activating group) is 1. The molecular formula is C11H15N3O. The number of rotatable bonds is 2. The Morgan fingerprint density at radius 2 is 2.47 bits per heavy atom. The zero-order chi connectivity index (χ0) is 10.7. The van der Waals surface area contributed by atoms with Crippen LogP contribution in [-0.2, 0) is 4.79 Å². The van der Waals surface area contributed by atoms with E-state index in [4.69, 9.17) is 0 Å². The lowest BCUT2D eigenvalue weighted by molar-refractivity contribution is -0.120. The summed E-state index contributed by atoms with van der Waals surface area (Å²) in [5.41, 5.74) is 0. The molecule has 1 aliphatic rings. The molecular weight excluding hydrogens is 190 g/mol. The van der Waals surface area contributed by atoms with Crippen LogP contribution >= 0.6 is 0 Å². The fourth-order valence-corrected chi connectivity index (χ4v) is 1.79. The van der Waals surface area contributed by atoms with Gasteiger partial charge in [-0.15, -0.1) is 0 Å². The summed E-state index contributed by atoms with van der Waals surface area (Å²) >= 11 is 0. The number of pyridine rings is 1. The van der Waals surface area contributed by atoms with Gasteiger partial charge in [-0.2, -0.15) is 0 Å². The molecule has 0 aliphatic carbocycles. The van der Waals surface area contributed by atoms with Crippen LogP contribution in [0.15, 0.2) is 24.4 Å². The Kier molecular flexibility index (Phi) is 2.97. The van der Waals surface area contributed by atoms with Crippen LogP contribution in [0.3, 0.4) is 0 Å². The molecule has 1 aliphatic heterocycles. The molecule has 1 amide bonds. The van der Waals surface area contributed by atoms with Crippen molar-refractivity contribution in [2.75, 3.05) is 18.5 Å². The van der Waals surface area contributed by atoms with Gasteiger partial charge in [0, 0.05) is 13.2 Å². The van der Waals surface area contributed by atoms with Gasteiger partial charge in [-0.1, -0.05) is 6.07 Å². The van der Waals surface area contributed by atoms with Gasteiger partial charge in [0.1, 0.15) is 5.82 Å². The minimum absolute atomic E-state index is 0.0305. The Bertz CT molecular complexity index is 333. The van der Waals surface area contributed by atoms with Gasteiger partial charge < -0.3 is 5.32 Å². The Labute approximate surface area is 89.3 Å². The lowest BCUT2D eigenvalue weighted by Crippen LogP contribution is -2.41. The van der Waals surface area contributed by atoms with Gasteiger partial charge in [0.25, 0.3) is 0 Å². The van der Waals surface area contributed by atoms with Crippen LogP contribution < -0.4 is 10.2 Å². The standard InChI is InChI=1S/C11H15N3O/c1-14(10-6-2-3-7-13-10)11(15)9-5-4-8-12-9/h2-3,6-7,9,12H,4-5,8H2,1H3/t9-/m0/s1. The van der Waals surface area contributed by atoms with Crippen LogP contribution in [0.1, 0.15) is 12.8 Å². The maximum absolute atomic E-state index is 12.0. The van der Waals surface area contributed by atoms with E-state index in [0.717, 1.165) is 19.4 Å².